The lowest BCUT2D eigenvalue weighted by molar-refractivity contribution is -0.137. The molecule has 2 aliphatic carbocycles. The number of aromatic nitrogens is 6. The maximum Gasteiger partial charge on any atom is 0.255 e. The number of rotatable bonds is 14. The minimum Gasteiger partial charge on any atom is -0.383 e. The van der Waals surface area contributed by atoms with Gasteiger partial charge in [-0.3, -0.25) is 34.4 Å². The molecule has 4 amide bonds. The van der Waals surface area contributed by atoms with Crippen LogP contribution >= 0.6 is 0 Å². The third-order valence-electron chi connectivity index (χ3n) is 13.1. The maximum atomic E-state index is 13.1. The Morgan fingerprint density at radius 1 is 0.934 bits per heavy atom. The lowest BCUT2D eigenvalue weighted by atomic mass is 9.79. The predicted molar refractivity (Wildman–Crippen MR) is 225 cm³/mol. The molecule has 5 aliphatic rings. The van der Waals surface area contributed by atoms with Crippen LogP contribution in [0, 0.1) is 5.92 Å². The lowest BCUT2D eigenvalue weighted by Gasteiger charge is -2.36. The van der Waals surface area contributed by atoms with Gasteiger partial charge in [-0.2, -0.15) is 5.10 Å². The van der Waals surface area contributed by atoms with Crippen LogP contribution < -0.4 is 21.3 Å². The van der Waals surface area contributed by atoms with E-state index >= 15 is 0 Å². The maximum absolute atomic E-state index is 13.1. The molecule has 1 atom stereocenters. The molecule has 5 aromatic rings. The first kappa shape index (κ1) is 38.9. The highest BCUT2D eigenvalue weighted by Gasteiger charge is 2.41. The number of anilines is 2. The van der Waals surface area contributed by atoms with E-state index in [0.717, 1.165) is 99.5 Å². The molecular weight excluding hydrogens is 777 g/mol. The summed E-state index contributed by atoms with van der Waals surface area (Å²) in [5, 5.41) is 15.7. The topological polar surface area (TPSA) is 211 Å². The van der Waals surface area contributed by atoms with Crippen molar-refractivity contribution in [3.05, 3.63) is 65.8 Å². The standard InChI is InChI=1S/C44H50N12O5/c45-40-36-37(38-35(32-7-3-5-14-46-32)39(61-52-38)26-8-9-26)51-56(41(36)49-25-48-40)30-21-27(22-30)42(58)47-15-4-1-2-6-16-53-17-19-54(20-18-53)29-10-11-31-28(23-29)24-55(44(31)60)33-12-13-34(57)50-43(33)59/h3,5,7,10-11,14,23,25-27,30,33H,1-2,4,6,8-9,12-13,15-22,24H2,(H,47,58)(H2,45,48,49)(H,50,57,59)/t27?,30?,33-/m1/s1. The van der Waals surface area contributed by atoms with Crippen LogP contribution in [0.2, 0.25) is 0 Å². The number of nitrogens with one attached hydrogen (secondary N) is 2. The second-order valence-electron chi connectivity index (χ2n) is 17.1. The number of imide groups is 1. The number of unbranched alkanes of at least 4 members (excludes halogenated alkanes) is 3. The number of hydrogen-bond acceptors (Lipinski definition) is 13. The van der Waals surface area contributed by atoms with E-state index in [1.54, 1.807) is 11.1 Å². The number of carbonyl (C=O) groups is 4. The molecule has 0 bridgehead atoms. The zero-order chi connectivity index (χ0) is 41.6. The minimum absolute atomic E-state index is 0.00632. The molecule has 0 spiro atoms. The third-order valence-corrected chi connectivity index (χ3v) is 13.1. The van der Waals surface area contributed by atoms with Crippen molar-refractivity contribution in [2.75, 3.05) is 49.9 Å². The molecule has 0 radical (unpaired) electrons. The molecule has 61 heavy (non-hydrogen) atoms. The van der Waals surface area contributed by atoms with Gasteiger partial charge in [0.1, 0.15) is 35.3 Å². The summed E-state index contributed by atoms with van der Waals surface area (Å²) >= 11 is 0. The molecule has 17 nitrogen and oxygen atoms in total. The molecule has 4 fully saturated rings. The number of carbonyl (C=O) groups excluding carboxylic acids is 4. The molecule has 1 aromatic carbocycles. The van der Waals surface area contributed by atoms with E-state index in [0.29, 0.717) is 72.1 Å². The number of nitrogens with two attached hydrogens (primary N) is 1. The fourth-order valence-electron chi connectivity index (χ4n) is 9.42. The summed E-state index contributed by atoms with van der Waals surface area (Å²) in [4.78, 5) is 70.2. The zero-order valence-corrected chi connectivity index (χ0v) is 34.1. The number of nitrogen functional groups attached to an aromatic ring is 1. The first-order chi connectivity index (χ1) is 29.8. The average Bonchev–Trinajstić information content (AvgIpc) is 3.76. The number of hydrogen-bond donors (Lipinski definition) is 3. The Hall–Kier alpha value is -6.23. The number of piperazine rings is 1. The van der Waals surface area contributed by atoms with Crippen molar-refractivity contribution < 1.29 is 23.7 Å². The van der Waals surface area contributed by atoms with Gasteiger partial charge in [0.2, 0.25) is 17.7 Å². The van der Waals surface area contributed by atoms with Gasteiger partial charge >= 0.3 is 0 Å². The number of benzene rings is 1. The summed E-state index contributed by atoms with van der Waals surface area (Å²) in [6, 6.07) is 11.1. The van der Waals surface area contributed by atoms with Gasteiger partial charge in [-0.25, -0.2) is 14.6 Å². The molecular formula is C44H50N12O5. The first-order valence-electron chi connectivity index (χ1n) is 21.7. The van der Waals surface area contributed by atoms with Gasteiger partial charge in [-0.05, 0) is 87.4 Å². The Bertz CT molecular complexity index is 2480. The SMILES string of the molecule is Nc1ncnc2c1c(-c1noc(C3CC3)c1-c1ccccn1)nn2C1CC(C(=O)NCCCCCCN2CCN(c3ccc4c(c3)CN([C@@H]3CCC(=O)NC3=O)C4=O)CC2)C1. The number of pyridine rings is 1. The molecule has 10 rings (SSSR count). The van der Waals surface area contributed by atoms with Crippen molar-refractivity contribution in [3.63, 3.8) is 0 Å². The Kier molecular flexibility index (Phi) is 10.4. The second kappa shape index (κ2) is 16.3. The molecule has 316 valence electrons. The second-order valence-corrected chi connectivity index (χ2v) is 17.1. The van der Waals surface area contributed by atoms with Crippen LogP contribution in [0.15, 0.2) is 53.4 Å². The molecule has 4 aromatic heterocycles. The summed E-state index contributed by atoms with van der Waals surface area (Å²) in [5.74, 6) is 0.636. The molecule has 4 N–H and O–H groups in total. The Balaban J connectivity index is 0.655. The Morgan fingerprint density at radius 3 is 2.56 bits per heavy atom. The van der Waals surface area contributed by atoms with Crippen molar-refractivity contribution in [1.29, 1.82) is 0 Å². The summed E-state index contributed by atoms with van der Waals surface area (Å²) in [6.45, 7) is 5.87. The van der Waals surface area contributed by atoms with E-state index in [4.69, 9.17) is 15.4 Å². The van der Waals surface area contributed by atoms with E-state index in [-0.39, 0.29) is 42.0 Å². The van der Waals surface area contributed by atoms with Gasteiger partial charge in [0.25, 0.3) is 5.91 Å². The Morgan fingerprint density at radius 2 is 1.77 bits per heavy atom. The van der Waals surface area contributed by atoms with Crippen LogP contribution in [0.5, 0.6) is 0 Å². The largest absolute Gasteiger partial charge is 0.383 e. The summed E-state index contributed by atoms with van der Waals surface area (Å²) in [7, 11) is 0. The monoisotopic (exact) mass is 826 g/mol. The molecule has 3 aliphatic heterocycles. The lowest BCUT2D eigenvalue weighted by Crippen LogP contribution is -2.52. The molecule has 2 saturated carbocycles. The van der Waals surface area contributed by atoms with Crippen LogP contribution in [0.25, 0.3) is 33.7 Å². The smallest absolute Gasteiger partial charge is 0.255 e. The van der Waals surface area contributed by atoms with E-state index in [2.05, 4.69) is 46.6 Å². The van der Waals surface area contributed by atoms with E-state index in [1.807, 2.05) is 35.0 Å². The summed E-state index contributed by atoms with van der Waals surface area (Å²) in [5.41, 5.74) is 12.5. The number of fused-ring (bicyclic) bond motifs is 2. The van der Waals surface area contributed by atoms with Crippen LogP contribution in [-0.4, -0.2) is 109 Å². The summed E-state index contributed by atoms with van der Waals surface area (Å²) in [6.07, 6.45) is 11.5. The molecule has 0 unspecified atom stereocenters. The number of amides is 4. The zero-order valence-electron chi connectivity index (χ0n) is 34.1. The summed E-state index contributed by atoms with van der Waals surface area (Å²) < 4.78 is 7.81. The normalized spacial score (nSPS) is 21.8. The van der Waals surface area contributed by atoms with E-state index < -0.39 is 6.04 Å². The van der Waals surface area contributed by atoms with Gasteiger partial charge in [-0.15, -0.1) is 0 Å². The van der Waals surface area contributed by atoms with Crippen molar-refractivity contribution in [1.82, 2.24) is 50.3 Å². The number of nitrogens with zero attached hydrogens (tertiary/aromatic N) is 9. The van der Waals surface area contributed by atoms with Crippen LogP contribution in [0.3, 0.4) is 0 Å². The van der Waals surface area contributed by atoms with Crippen LogP contribution in [-0.2, 0) is 20.9 Å². The first-order valence-corrected chi connectivity index (χ1v) is 21.7. The Labute approximate surface area is 352 Å². The molecule has 17 heteroatoms. The highest BCUT2D eigenvalue weighted by molar-refractivity contribution is 6.05. The van der Waals surface area contributed by atoms with Crippen molar-refractivity contribution >= 4 is 46.2 Å². The van der Waals surface area contributed by atoms with Gasteiger partial charge in [0.15, 0.2) is 5.65 Å². The average molecular weight is 827 g/mol. The minimum atomic E-state index is -0.603. The van der Waals surface area contributed by atoms with E-state index in [1.165, 1.54) is 6.33 Å². The predicted octanol–water partition coefficient (Wildman–Crippen LogP) is 4.21. The fraction of sp³-hybridized carbons (Fsp3) is 0.477. The highest BCUT2D eigenvalue weighted by atomic mass is 16.5. The number of piperidine rings is 1. The molecule has 2 saturated heterocycles. The van der Waals surface area contributed by atoms with Crippen LogP contribution in [0.1, 0.15) is 97.8 Å². The quantitative estimate of drug-likeness (QED) is 0.106. The third kappa shape index (κ3) is 7.59. The highest BCUT2D eigenvalue weighted by Crippen LogP contribution is 2.49. The van der Waals surface area contributed by atoms with Gasteiger partial charge in [0.05, 0.1) is 22.7 Å². The van der Waals surface area contributed by atoms with Crippen LogP contribution in [0.4, 0.5) is 11.5 Å². The molecule has 7 heterocycles. The van der Waals surface area contributed by atoms with Crippen molar-refractivity contribution in [2.24, 2.45) is 5.92 Å². The van der Waals surface area contributed by atoms with Gasteiger partial charge in [0, 0.05) is 75.0 Å². The van der Waals surface area contributed by atoms with Crippen molar-refractivity contribution in [2.45, 2.75) is 88.8 Å². The van der Waals surface area contributed by atoms with Gasteiger partial charge in [-0.1, -0.05) is 24.1 Å². The van der Waals surface area contributed by atoms with E-state index in [9.17, 15) is 19.2 Å². The van der Waals surface area contributed by atoms with Gasteiger partial charge < -0.3 is 25.4 Å². The fourth-order valence-corrected chi connectivity index (χ4v) is 9.42. The van der Waals surface area contributed by atoms with Crippen molar-refractivity contribution in [3.8, 4) is 22.6 Å².